The van der Waals surface area contributed by atoms with E-state index in [0.29, 0.717) is 16.8 Å². The molecule has 0 spiro atoms. The minimum absolute atomic E-state index is 0.539. The van der Waals surface area contributed by atoms with E-state index in [1.54, 1.807) is 6.07 Å². The second-order valence-electron chi connectivity index (χ2n) is 3.47. The van der Waals surface area contributed by atoms with E-state index in [0.717, 1.165) is 28.6 Å². The normalized spacial score (nSPS) is 14.0. The predicted molar refractivity (Wildman–Crippen MR) is 61.0 cm³/mol. The summed E-state index contributed by atoms with van der Waals surface area (Å²) in [7, 11) is 0. The van der Waals surface area contributed by atoms with Crippen molar-refractivity contribution in [1.29, 1.82) is 0 Å². The van der Waals surface area contributed by atoms with Crippen LogP contribution >= 0.6 is 23.2 Å². The molecular weight excluding hydrogens is 233 g/mol. The van der Waals surface area contributed by atoms with Gasteiger partial charge in [0.25, 0.3) is 0 Å². The highest BCUT2D eigenvalue weighted by atomic mass is 35.5. The summed E-state index contributed by atoms with van der Waals surface area (Å²) in [6.07, 6.45) is 0.823. The Labute approximate surface area is 96.8 Å². The molecule has 3 rings (SSSR count). The molecular formula is C11H7Cl2NO. The fourth-order valence-corrected chi connectivity index (χ4v) is 2.30. The number of rotatable bonds is 0. The number of hydrogen-bond donors (Lipinski definition) is 0. The van der Waals surface area contributed by atoms with E-state index in [2.05, 4.69) is 4.98 Å². The van der Waals surface area contributed by atoms with E-state index in [1.165, 1.54) is 0 Å². The van der Waals surface area contributed by atoms with Gasteiger partial charge in [-0.3, -0.25) is 0 Å². The molecule has 1 aliphatic rings. The van der Waals surface area contributed by atoms with E-state index in [4.69, 9.17) is 27.9 Å². The molecule has 0 radical (unpaired) electrons. The van der Waals surface area contributed by atoms with Gasteiger partial charge in [-0.15, -0.1) is 0 Å². The number of hydrogen-bond acceptors (Lipinski definition) is 2. The highest BCUT2D eigenvalue weighted by Gasteiger charge is 2.20. The summed E-state index contributed by atoms with van der Waals surface area (Å²) in [4.78, 5) is 4.32. The molecule has 2 heterocycles. The maximum Gasteiger partial charge on any atom is 0.136 e. The van der Waals surface area contributed by atoms with Crippen molar-refractivity contribution in [2.24, 2.45) is 0 Å². The highest BCUT2D eigenvalue weighted by Crippen LogP contribution is 2.37. The fourth-order valence-electron chi connectivity index (χ4n) is 1.85. The van der Waals surface area contributed by atoms with E-state index < -0.39 is 0 Å². The van der Waals surface area contributed by atoms with Gasteiger partial charge in [0.1, 0.15) is 10.9 Å². The average Bonchev–Trinajstić information content (AvgIpc) is 2.69. The molecule has 2 nitrogen and oxygen atoms in total. The Morgan fingerprint density at radius 3 is 3.00 bits per heavy atom. The molecule has 0 atom stereocenters. The summed E-state index contributed by atoms with van der Waals surface area (Å²) in [5.74, 6) is 0.840. The van der Waals surface area contributed by atoms with Gasteiger partial charge < -0.3 is 4.74 Å². The lowest BCUT2D eigenvalue weighted by Gasteiger charge is -2.06. The maximum absolute atomic E-state index is 6.06. The minimum atomic E-state index is 0.539. The molecule has 4 heteroatoms. The number of aromatic nitrogens is 1. The minimum Gasteiger partial charge on any atom is -0.492 e. The zero-order chi connectivity index (χ0) is 10.4. The largest absolute Gasteiger partial charge is 0.492 e. The van der Waals surface area contributed by atoms with Gasteiger partial charge in [0, 0.05) is 22.4 Å². The zero-order valence-corrected chi connectivity index (χ0v) is 9.27. The van der Waals surface area contributed by atoms with E-state index in [9.17, 15) is 0 Å². The van der Waals surface area contributed by atoms with Crippen molar-refractivity contribution in [3.8, 4) is 5.75 Å². The third-order valence-corrected chi connectivity index (χ3v) is 3.09. The lowest BCUT2D eigenvalue weighted by atomic mass is 10.1. The monoisotopic (exact) mass is 239 g/mol. The van der Waals surface area contributed by atoms with E-state index >= 15 is 0 Å². The molecule has 1 aromatic carbocycles. The third kappa shape index (κ3) is 1.36. The Balaban J connectivity index is 2.44. The van der Waals surface area contributed by atoms with Crippen LogP contribution in [0.4, 0.5) is 0 Å². The Morgan fingerprint density at radius 1 is 1.27 bits per heavy atom. The number of ether oxygens (including phenoxy) is 1. The van der Waals surface area contributed by atoms with Crippen molar-refractivity contribution in [2.75, 3.05) is 6.61 Å². The first kappa shape index (κ1) is 9.25. The third-order valence-electron chi connectivity index (χ3n) is 2.54. The van der Waals surface area contributed by atoms with Crippen molar-refractivity contribution < 1.29 is 4.74 Å². The molecule has 0 N–H and O–H groups in total. The van der Waals surface area contributed by atoms with Crippen LogP contribution in [-0.4, -0.2) is 11.6 Å². The van der Waals surface area contributed by atoms with Gasteiger partial charge in [0.15, 0.2) is 0 Å². The van der Waals surface area contributed by atoms with Gasteiger partial charge in [-0.25, -0.2) is 4.98 Å². The van der Waals surface area contributed by atoms with Crippen LogP contribution in [0.25, 0.3) is 10.9 Å². The molecule has 0 bridgehead atoms. The van der Waals surface area contributed by atoms with Crippen LogP contribution in [-0.2, 0) is 6.42 Å². The Kier molecular flexibility index (Phi) is 2.01. The van der Waals surface area contributed by atoms with Crippen LogP contribution in [0, 0.1) is 0 Å². The zero-order valence-electron chi connectivity index (χ0n) is 7.76. The van der Waals surface area contributed by atoms with Crippen molar-refractivity contribution in [3.05, 3.63) is 33.9 Å². The van der Waals surface area contributed by atoms with Crippen LogP contribution in [0.2, 0.25) is 10.2 Å². The van der Waals surface area contributed by atoms with E-state index in [1.807, 2.05) is 12.1 Å². The second-order valence-corrected chi connectivity index (χ2v) is 4.26. The standard InChI is InChI=1S/C11H7Cl2NO/c12-6-1-2-9-8(5-6)10-7(3-4-15-10)11(13)14-9/h1-2,5H,3-4H2. The van der Waals surface area contributed by atoms with Crippen molar-refractivity contribution in [2.45, 2.75) is 6.42 Å². The lowest BCUT2D eigenvalue weighted by Crippen LogP contribution is -1.88. The number of pyridine rings is 1. The number of nitrogens with zero attached hydrogens (tertiary/aromatic N) is 1. The molecule has 0 fully saturated rings. The Hall–Kier alpha value is -0.990. The first-order valence-corrected chi connectivity index (χ1v) is 5.42. The number of benzene rings is 1. The second kappa shape index (κ2) is 3.26. The highest BCUT2D eigenvalue weighted by molar-refractivity contribution is 6.32. The number of halogens is 2. The predicted octanol–water partition coefficient (Wildman–Crippen LogP) is 3.48. The van der Waals surface area contributed by atoms with Gasteiger partial charge in [-0.1, -0.05) is 23.2 Å². The molecule has 1 aromatic heterocycles. The van der Waals surface area contributed by atoms with Gasteiger partial charge in [-0.2, -0.15) is 0 Å². The van der Waals surface area contributed by atoms with Gasteiger partial charge in [-0.05, 0) is 18.2 Å². The molecule has 2 aromatic rings. The van der Waals surface area contributed by atoms with Crippen molar-refractivity contribution in [1.82, 2.24) is 4.98 Å². The molecule has 0 aliphatic carbocycles. The summed E-state index contributed by atoms with van der Waals surface area (Å²) < 4.78 is 5.56. The van der Waals surface area contributed by atoms with Crippen LogP contribution in [0.15, 0.2) is 18.2 Å². The summed E-state index contributed by atoms with van der Waals surface area (Å²) in [6, 6.07) is 5.52. The quantitative estimate of drug-likeness (QED) is 0.657. The Bertz CT molecular complexity index is 554. The smallest absolute Gasteiger partial charge is 0.136 e. The van der Waals surface area contributed by atoms with Gasteiger partial charge in [0.2, 0.25) is 0 Å². The summed E-state index contributed by atoms with van der Waals surface area (Å²) >= 11 is 12.0. The maximum atomic E-state index is 6.06. The molecule has 0 amide bonds. The molecule has 0 saturated carbocycles. The molecule has 0 saturated heterocycles. The number of fused-ring (bicyclic) bond motifs is 3. The average molecular weight is 240 g/mol. The Morgan fingerprint density at radius 2 is 2.13 bits per heavy atom. The molecule has 1 aliphatic heterocycles. The topological polar surface area (TPSA) is 22.1 Å². The first-order chi connectivity index (χ1) is 7.25. The summed E-state index contributed by atoms with van der Waals surface area (Å²) in [5.41, 5.74) is 1.82. The molecule has 0 unspecified atom stereocenters. The molecule has 76 valence electrons. The van der Waals surface area contributed by atoms with Crippen molar-refractivity contribution >= 4 is 34.1 Å². The lowest BCUT2D eigenvalue weighted by molar-refractivity contribution is 0.360. The SMILES string of the molecule is Clc1ccc2nc(Cl)c3c(c2c1)OCC3. The van der Waals surface area contributed by atoms with E-state index in [-0.39, 0.29) is 0 Å². The summed E-state index contributed by atoms with van der Waals surface area (Å²) in [5, 5.41) is 2.17. The fraction of sp³-hybridized carbons (Fsp3) is 0.182. The first-order valence-electron chi connectivity index (χ1n) is 4.66. The van der Waals surface area contributed by atoms with Crippen molar-refractivity contribution in [3.63, 3.8) is 0 Å². The molecule has 15 heavy (non-hydrogen) atoms. The van der Waals surface area contributed by atoms with Crippen LogP contribution < -0.4 is 4.74 Å². The summed E-state index contributed by atoms with van der Waals surface area (Å²) in [6.45, 7) is 0.669. The van der Waals surface area contributed by atoms with Crippen LogP contribution in [0.1, 0.15) is 5.56 Å². The van der Waals surface area contributed by atoms with Crippen LogP contribution in [0.3, 0.4) is 0 Å². The van der Waals surface area contributed by atoms with Gasteiger partial charge in [0.05, 0.1) is 12.1 Å². The van der Waals surface area contributed by atoms with Gasteiger partial charge >= 0.3 is 0 Å². The van der Waals surface area contributed by atoms with Crippen LogP contribution in [0.5, 0.6) is 5.75 Å².